The van der Waals surface area contributed by atoms with E-state index in [-0.39, 0.29) is 0 Å². The summed E-state index contributed by atoms with van der Waals surface area (Å²) >= 11 is 0. The van der Waals surface area contributed by atoms with E-state index in [0.29, 0.717) is 17.3 Å². The van der Waals surface area contributed by atoms with E-state index in [4.69, 9.17) is 0 Å². The second kappa shape index (κ2) is 6.45. The zero-order valence-corrected chi connectivity index (χ0v) is 14.0. The van der Waals surface area contributed by atoms with Gasteiger partial charge in [0, 0.05) is 34.2 Å². The van der Waals surface area contributed by atoms with Crippen LogP contribution in [0, 0.1) is 5.41 Å². The van der Waals surface area contributed by atoms with Crippen molar-refractivity contribution in [2.45, 2.75) is 39.5 Å². The molecule has 6 heteroatoms. The average molecular weight is 292 g/mol. The Labute approximate surface area is 128 Å². The third-order valence-electron chi connectivity index (χ3n) is 4.84. The number of hydrogen-bond donors (Lipinski definition) is 1. The predicted octanol–water partition coefficient (Wildman–Crippen LogP) is 2.39. The lowest BCUT2D eigenvalue weighted by atomic mass is 9.74. The largest absolute Gasteiger partial charge is 0.357 e. The Morgan fingerprint density at radius 1 is 1.10 bits per heavy atom. The van der Waals surface area contributed by atoms with Crippen molar-refractivity contribution in [3.8, 4) is 0 Å². The summed E-state index contributed by atoms with van der Waals surface area (Å²) in [5.41, 5.74) is 0.514. The first-order valence-electron chi connectivity index (χ1n) is 7.89. The van der Waals surface area contributed by atoms with Crippen molar-refractivity contribution < 1.29 is 0 Å². The Bertz CT molecular complexity index is 459. The number of nitrogens with one attached hydrogen (secondary N) is 1. The molecule has 0 aliphatic carbocycles. The molecule has 2 heterocycles. The Hall–Kier alpha value is -1.59. The van der Waals surface area contributed by atoms with Gasteiger partial charge in [-0.15, -0.1) is 0 Å². The normalized spacial score (nSPS) is 17.7. The number of piperidine rings is 1. The first-order chi connectivity index (χ1) is 10.0. The molecule has 1 aliphatic heterocycles. The van der Waals surface area contributed by atoms with Crippen LogP contribution >= 0.6 is 0 Å². The molecule has 0 aromatic carbocycles. The van der Waals surface area contributed by atoms with Gasteiger partial charge in [-0.05, 0) is 18.3 Å². The summed E-state index contributed by atoms with van der Waals surface area (Å²) in [5.74, 6) is 2.12. The molecule has 1 N–H and O–H groups in total. The van der Waals surface area contributed by atoms with Crippen LogP contribution in [0.1, 0.15) is 39.5 Å². The molecule has 0 amide bonds. The van der Waals surface area contributed by atoms with Crippen LogP contribution in [0.3, 0.4) is 0 Å². The zero-order chi connectivity index (χ0) is 15.5. The molecule has 0 spiro atoms. The molecule has 2 rings (SSSR count). The summed E-state index contributed by atoms with van der Waals surface area (Å²) in [6, 6.07) is 0. The fraction of sp³-hybridized carbons (Fsp3) is 0.800. The minimum Gasteiger partial charge on any atom is -0.357 e. The molecule has 0 radical (unpaired) electrons. The molecule has 1 aliphatic rings. The third kappa shape index (κ3) is 3.36. The van der Waals surface area contributed by atoms with Crippen LogP contribution in [-0.2, 0) is 0 Å². The van der Waals surface area contributed by atoms with E-state index in [1.807, 2.05) is 26.0 Å². The highest BCUT2D eigenvalue weighted by Gasteiger charge is 2.32. The molecule has 21 heavy (non-hydrogen) atoms. The molecule has 118 valence electrons. The van der Waals surface area contributed by atoms with Crippen molar-refractivity contribution >= 4 is 17.8 Å². The van der Waals surface area contributed by atoms with E-state index >= 15 is 0 Å². The molecule has 1 fully saturated rings. The van der Waals surface area contributed by atoms with Crippen LogP contribution in [0.4, 0.5) is 17.8 Å². The van der Waals surface area contributed by atoms with Crippen LogP contribution in [0.2, 0.25) is 0 Å². The highest BCUT2D eigenvalue weighted by atomic mass is 15.3. The molecule has 1 aromatic rings. The second-order valence-electron chi connectivity index (χ2n) is 6.10. The monoisotopic (exact) mass is 292 g/mol. The van der Waals surface area contributed by atoms with Crippen LogP contribution in [0.15, 0.2) is 0 Å². The lowest BCUT2D eigenvalue weighted by Gasteiger charge is -2.41. The minimum atomic E-state index is 0.514. The fourth-order valence-electron chi connectivity index (χ4n) is 2.95. The summed E-state index contributed by atoms with van der Waals surface area (Å²) in [7, 11) is 5.75. The smallest absolute Gasteiger partial charge is 0.231 e. The Morgan fingerprint density at radius 2 is 1.71 bits per heavy atom. The maximum atomic E-state index is 4.59. The average Bonchev–Trinajstić information content (AvgIpc) is 2.54. The standard InChI is InChI=1S/C15H28N6/c1-6-15(7-2)8-10-21(11-9-15)14-18-12(16-3)17-13(19-14)20(4)5/h6-11H2,1-5H3,(H,16,17,18,19). The molecule has 6 nitrogen and oxygen atoms in total. The highest BCUT2D eigenvalue weighted by molar-refractivity contribution is 5.44. The van der Waals surface area contributed by atoms with Gasteiger partial charge in [0.05, 0.1) is 0 Å². The van der Waals surface area contributed by atoms with Crippen molar-refractivity contribution in [1.29, 1.82) is 0 Å². The van der Waals surface area contributed by atoms with E-state index in [1.54, 1.807) is 0 Å². The fourth-order valence-corrected chi connectivity index (χ4v) is 2.95. The number of anilines is 3. The van der Waals surface area contributed by atoms with Crippen LogP contribution in [0.5, 0.6) is 0 Å². The predicted molar refractivity (Wildman–Crippen MR) is 88.2 cm³/mol. The first-order valence-corrected chi connectivity index (χ1v) is 7.89. The topological polar surface area (TPSA) is 57.2 Å². The van der Waals surface area contributed by atoms with Crippen LogP contribution in [-0.4, -0.2) is 49.2 Å². The Kier molecular flexibility index (Phi) is 4.85. The number of hydrogen-bond acceptors (Lipinski definition) is 6. The molecule has 1 saturated heterocycles. The van der Waals surface area contributed by atoms with Crippen molar-refractivity contribution in [3.05, 3.63) is 0 Å². The van der Waals surface area contributed by atoms with Gasteiger partial charge in [0.25, 0.3) is 0 Å². The van der Waals surface area contributed by atoms with E-state index < -0.39 is 0 Å². The molecular formula is C15H28N6. The van der Waals surface area contributed by atoms with Crippen molar-refractivity contribution in [2.75, 3.05) is 49.3 Å². The molecule has 0 atom stereocenters. The molecule has 1 aromatic heterocycles. The summed E-state index contributed by atoms with van der Waals surface area (Å²) in [4.78, 5) is 17.7. The lowest BCUT2D eigenvalue weighted by Crippen LogP contribution is -2.40. The highest BCUT2D eigenvalue weighted by Crippen LogP contribution is 2.38. The van der Waals surface area contributed by atoms with Gasteiger partial charge in [-0.25, -0.2) is 0 Å². The quantitative estimate of drug-likeness (QED) is 0.899. The maximum absolute atomic E-state index is 4.59. The second-order valence-corrected chi connectivity index (χ2v) is 6.10. The molecule has 0 bridgehead atoms. The van der Waals surface area contributed by atoms with Gasteiger partial charge < -0.3 is 15.1 Å². The van der Waals surface area contributed by atoms with Gasteiger partial charge in [-0.2, -0.15) is 15.0 Å². The van der Waals surface area contributed by atoms with Crippen molar-refractivity contribution in [2.24, 2.45) is 5.41 Å². The number of nitrogens with zero attached hydrogens (tertiary/aromatic N) is 5. The molecule has 0 unspecified atom stereocenters. The SMILES string of the molecule is CCC1(CC)CCN(c2nc(NC)nc(N(C)C)n2)CC1. The molecular weight excluding hydrogens is 264 g/mol. The van der Waals surface area contributed by atoms with Crippen molar-refractivity contribution in [3.63, 3.8) is 0 Å². The van der Waals surface area contributed by atoms with E-state index in [9.17, 15) is 0 Å². The van der Waals surface area contributed by atoms with Gasteiger partial charge in [0.2, 0.25) is 17.8 Å². The van der Waals surface area contributed by atoms with Crippen LogP contribution < -0.4 is 15.1 Å². The van der Waals surface area contributed by atoms with E-state index in [1.165, 1.54) is 25.7 Å². The van der Waals surface area contributed by atoms with Gasteiger partial charge in [0.15, 0.2) is 0 Å². The van der Waals surface area contributed by atoms with Gasteiger partial charge >= 0.3 is 0 Å². The Morgan fingerprint density at radius 3 is 2.19 bits per heavy atom. The summed E-state index contributed by atoms with van der Waals surface area (Å²) in [6.07, 6.45) is 4.97. The lowest BCUT2D eigenvalue weighted by molar-refractivity contribution is 0.199. The minimum absolute atomic E-state index is 0.514. The van der Waals surface area contributed by atoms with E-state index in [2.05, 4.69) is 39.0 Å². The van der Waals surface area contributed by atoms with Crippen molar-refractivity contribution in [1.82, 2.24) is 15.0 Å². The Balaban J connectivity index is 2.18. The third-order valence-corrected chi connectivity index (χ3v) is 4.84. The number of rotatable bonds is 5. The van der Waals surface area contributed by atoms with Gasteiger partial charge in [-0.3, -0.25) is 0 Å². The number of aromatic nitrogens is 3. The summed E-state index contributed by atoms with van der Waals surface area (Å²) < 4.78 is 0. The summed E-state index contributed by atoms with van der Waals surface area (Å²) in [5, 5.41) is 3.02. The van der Waals surface area contributed by atoms with Gasteiger partial charge in [0.1, 0.15) is 0 Å². The van der Waals surface area contributed by atoms with Gasteiger partial charge in [-0.1, -0.05) is 26.7 Å². The maximum Gasteiger partial charge on any atom is 0.231 e. The van der Waals surface area contributed by atoms with Crippen LogP contribution in [0.25, 0.3) is 0 Å². The zero-order valence-electron chi connectivity index (χ0n) is 14.0. The molecule has 0 saturated carbocycles. The summed E-state index contributed by atoms with van der Waals surface area (Å²) in [6.45, 7) is 6.68. The first kappa shape index (κ1) is 15.8. The van der Waals surface area contributed by atoms with E-state index in [0.717, 1.165) is 19.0 Å².